The molecule has 1 unspecified atom stereocenters. The summed E-state index contributed by atoms with van der Waals surface area (Å²) in [5, 5.41) is 0. The van der Waals surface area contributed by atoms with Crippen LogP contribution in [-0.2, 0) is 11.2 Å². The van der Waals surface area contributed by atoms with Gasteiger partial charge in [-0.05, 0) is 30.2 Å². The molecule has 1 heterocycles. The van der Waals surface area contributed by atoms with Crippen LogP contribution in [0.3, 0.4) is 0 Å². The monoisotopic (exact) mass is 219 g/mol. The predicted molar refractivity (Wildman–Crippen MR) is 64.6 cm³/mol. The molecular formula is C13H17NO2. The van der Waals surface area contributed by atoms with Crippen LogP contribution in [0.15, 0.2) is 30.9 Å². The van der Waals surface area contributed by atoms with Gasteiger partial charge in [-0.15, -0.1) is 6.58 Å². The standard InChI is InChI=1S/C13H17NO2/c1-2-3-10-8-11(14)4-5-13(10)16-12-6-7-15-9-12/h2,4-5,8,12H,1,3,6-7,9,14H2. The van der Waals surface area contributed by atoms with E-state index in [1.54, 1.807) is 0 Å². The molecule has 3 heteroatoms. The Morgan fingerprint density at radius 3 is 3.12 bits per heavy atom. The largest absolute Gasteiger partial charge is 0.488 e. The maximum atomic E-state index is 5.89. The molecule has 1 aromatic rings. The molecule has 0 amide bonds. The number of hydrogen-bond donors (Lipinski definition) is 1. The van der Waals surface area contributed by atoms with Crippen LogP contribution in [0.2, 0.25) is 0 Å². The van der Waals surface area contributed by atoms with Crippen LogP contribution in [0.4, 0.5) is 5.69 Å². The van der Waals surface area contributed by atoms with Gasteiger partial charge in [0, 0.05) is 12.1 Å². The van der Waals surface area contributed by atoms with E-state index in [9.17, 15) is 0 Å². The van der Waals surface area contributed by atoms with Crippen molar-refractivity contribution in [3.05, 3.63) is 36.4 Å². The van der Waals surface area contributed by atoms with Crippen LogP contribution in [0.25, 0.3) is 0 Å². The first-order valence-corrected chi connectivity index (χ1v) is 5.53. The smallest absolute Gasteiger partial charge is 0.124 e. The number of nitrogens with two attached hydrogens (primary N) is 1. The van der Waals surface area contributed by atoms with Crippen molar-refractivity contribution in [1.29, 1.82) is 0 Å². The van der Waals surface area contributed by atoms with Gasteiger partial charge < -0.3 is 15.2 Å². The van der Waals surface area contributed by atoms with E-state index >= 15 is 0 Å². The summed E-state index contributed by atoms with van der Waals surface area (Å²) in [5.74, 6) is 0.893. The van der Waals surface area contributed by atoms with Crippen LogP contribution >= 0.6 is 0 Å². The third-order valence-electron chi connectivity index (χ3n) is 2.63. The van der Waals surface area contributed by atoms with Gasteiger partial charge in [0.25, 0.3) is 0 Å². The lowest BCUT2D eigenvalue weighted by Gasteiger charge is -2.15. The highest BCUT2D eigenvalue weighted by molar-refractivity contribution is 5.48. The average Bonchev–Trinajstić information content (AvgIpc) is 2.75. The van der Waals surface area contributed by atoms with E-state index < -0.39 is 0 Å². The Kier molecular flexibility index (Phi) is 3.47. The Morgan fingerprint density at radius 1 is 1.56 bits per heavy atom. The first kappa shape index (κ1) is 11.0. The molecule has 1 aliphatic heterocycles. The molecule has 0 radical (unpaired) electrons. The number of rotatable bonds is 4. The predicted octanol–water partition coefficient (Wildman–Crippen LogP) is 2.17. The molecule has 3 nitrogen and oxygen atoms in total. The summed E-state index contributed by atoms with van der Waals surface area (Å²) >= 11 is 0. The van der Waals surface area contributed by atoms with Crippen molar-refractivity contribution in [3.8, 4) is 5.75 Å². The van der Waals surface area contributed by atoms with Crippen molar-refractivity contribution >= 4 is 5.69 Å². The highest BCUT2D eigenvalue weighted by Crippen LogP contribution is 2.25. The Labute approximate surface area is 95.9 Å². The molecule has 2 rings (SSSR count). The summed E-state index contributed by atoms with van der Waals surface area (Å²) in [6.45, 7) is 5.20. The Bertz CT molecular complexity index is 370. The van der Waals surface area contributed by atoms with E-state index in [1.165, 1.54) is 0 Å². The zero-order chi connectivity index (χ0) is 11.4. The fourth-order valence-corrected chi connectivity index (χ4v) is 1.81. The van der Waals surface area contributed by atoms with Gasteiger partial charge >= 0.3 is 0 Å². The van der Waals surface area contributed by atoms with Gasteiger partial charge in [-0.25, -0.2) is 0 Å². The van der Waals surface area contributed by atoms with E-state index in [2.05, 4.69) is 6.58 Å². The molecule has 0 saturated carbocycles. The highest BCUT2D eigenvalue weighted by Gasteiger charge is 2.18. The van der Waals surface area contributed by atoms with Crippen molar-refractivity contribution in [1.82, 2.24) is 0 Å². The molecule has 86 valence electrons. The number of allylic oxidation sites excluding steroid dienone is 1. The topological polar surface area (TPSA) is 44.5 Å². The van der Waals surface area contributed by atoms with Crippen molar-refractivity contribution in [2.75, 3.05) is 18.9 Å². The second kappa shape index (κ2) is 5.03. The van der Waals surface area contributed by atoms with Gasteiger partial charge in [-0.2, -0.15) is 0 Å². The number of ether oxygens (including phenoxy) is 2. The van der Waals surface area contributed by atoms with Crippen molar-refractivity contribution in [2.24, 2.45) is 0 Å². The van der Waals surface area contributed by atoms with Gasteiger partial charge in [0.05, 0.1) is 13.2 Å². The minimum absolute atomic E-state index is 0.173. The van der Waals surface area contributed by atoms with Gasteiger partial charge in [0.15, 0.2) is 0 Å². The first-order valence-electron chi connectivity index (χ1n) is 5.53. The van der Waals surface area contributed by atoms with Gasteiger partial charge in [-0.3, -0.25) is 0 Å². The minimum atomic E-state index is 0.173. The fourth-order valence-electron chi connectivity index (χ4n) is 1.81. The summed E-state index contributed by atoms with van der Waals surface area (Å²) in [6.07, 6.45) is 3.76. The van der Waals surface area contributed by atoms with Gasteiger partial charge in [-0.1, -0.05) is 6.08 Å². The molecule has 0 aromatic heterocycles. The average molecular weight is 219 g/mol. The third-order valence-corrected chi connectivity index (χ3v) is 2.63. The van der Waals surface area contributed by atoms with Crippen LogP contribution in [0.1, 0.15) is 12.0 Å². The van der Waals surface area contributed by atoms with Gasteiger partial charge in [0.2, 0.25) is 0 Å². The zero-order valence-corrected chi connectivity index (χ0v) is 9.32. The minimum Gasteiger partial charge on any atom is -0.488 e. The summed E-state index contributed by atoms with van der Waals surface area (Å²) < 4.78 is 11.2. The lowest BCUT2D eigenvalue weighted by molar-refractivity contribution is 0.141. The van der Waals surface area contributed by atoms with Crippen LogP contribution in [-0.4, -0.2) is 19.3 Å². The van der Waals surface area contributed by atoms with Gasteiger partial charge in [0.1, 0.15) is 11.9 Å². The van der Waals surface area contributed by atoms with Crippen molar-refractivity contribution in [3.63, 3.8) is 0 Å². The molecule has 0 spiro atoms. The third kappa shape index (κ3) is 2.55. The Morgan fingerprint density at radius 2 is 2.44 bits per heavy atom. The maximum absolute atomic E-state index is 5.89. The zero-order valence-electron chi connectivity index (χ0n) is 9.32. The van der Waals surface area contributed by atoms with E-state index in [1.807, 2.05) is 24.3 Å². The number of anilines is 1. The molecule has 1 saturated heterocycles. The lowest BCUT2D eigenvalue weighted by Crippen LogP contribution is -2.16. The Hall–Kier alpha value is -1.48. The summed E-state index contributed by atoms with van der Waals surface area (Å²) in [5.41, 5.74) is 7.59. The molecule has 0 bridgehead atoms. The maximum Gasteiger partial charge on any atom is 0.124 e. The van der Waals surface area contributed by atoms with Crippen molar-refractivity contribution < 1.29 is 9.47 Å². The van der Waals surface area contributed by atoms with Crippen molar-refractivity contribution in [2.45, 2.75) is 18.9 Å². The molecule has 16 heavy (non-hydrogen) atoms. The van der Waals surface area contributed by atoms with Crippen LogP contribution < -0.4 is 10.5 Å². The first-order chi connectivity index (χ1) is 7.79. The lowest BCUT2D eigenvalue weighted by atomic mass is 10.1. The van der Waals surface area contributed by atoms with E-state index in [0.717, 1.165) is 36.4 Å². The molecular weight excluding hydrogens is 202 g/mol. The van der Waals surface area contributed by atoms with E-state index in [0.29, 0.717) is 6.61 Å². The van der Waals surface area contributed by atoms with Crippen LogP contribution in [0.5, 0.6) is 5.75 Å². The normalized spacial score (nSPS) is 19.6. The molecule has 2 N–H and O–H groups in total. The fraction of sp³-hybridized carbons (Fsp3) is 0.385. The number of hydrogen-bond acceptors (Lipinski definition) is 3. The molecule has 0 aliphatic carbocycles. The van der Waals surface area contributed by atoms with Crippen LogP contribution in [0, 0.1) is 0 Å². The summed E-state index contributed by atoms with van der Waals surface area (Å²) in [7, 11) is 0. The summed E-state index contributed by atoms with van der Waals surface area (Å²) in [6, 6.07) is 5.72. The second-order valence-electron chi connectivity index (χ2n) is 3.96. The van der Waals surface area contributed by atoms with E-state index in [4.69, 9.17) is 15.2 Å². The molecule has 1 aliphatic rings. The molecule has 1 atom stereocenters. The highest BCUT2D eigenvalue weighted by atomic mass is 16.5. The van der Waals surface area contributed by atoms with E-state index in [-0.39, 0.29) is 6.10 Å². The Balaban J connectivity index is 2.14. The SMILES string of the molecule is C=CCc1cc(N)ccc1OC1CCOC1. The second-order valence-corrected chi connectivity index (χ2v) is 3.96. The molecule has 1 fully saturated rings. The number of nitrogen functional groups attached to an aromatic ring is 1. The quantitative estimate of drug-likeness (QED) is 0.623. The number of benzene rings is 1. The molecule has 1 aromatic carbocycles. The summed E-state index contributed by atoms with van der Waals surface area (Å²) in [4.78, 5) is 0.